The van der Waals surface area contributed by atoms with Crippen LogP contribution in [-0.2, 0) is 6.54 Å². The van der Waals surface area contributed by atoms with Crippen LogP contribution in [-0.4, -0.2) is 20.8 Å². The first kappa shape index (κ1) is 14.0. The third-order valence-corrected chi connectivity index (χ3v) is 4.41. The van der Waals surface area contributed by atoms with E-state index in [2.05, 4.69) is 29.2 Å². The van der Waals surface area contributed by atoms with Crippen LogP contribution in [0, 0.1) is 0 Å². The molecule has 3 aromatic heterocycles. The van der Waals surface area contributed by atoms with Crippen LogP contribution < -0.4 is 5.32 Å². The third-order valence-electron chi connectivity index (χ3n) is 3.55. The summed E-state index contributed by atoms with van der Waals surface area (Å²) in [5, 5.41) is 9.76. The molecule has 0 aliphatic rings. The molecule has 0 aliphatic carbocycles. The molecular weight excluding hydrogens is 284 g/mol. The largest absolute Gasteiger partial charge is 0.444 e. The highest BCUT2D eigenvalue weighted by molar-refractivity contribution is 7.13. The predicted octanol–water partition coefficient (Wildman–Crippen LogP) is 3.34. The molecule has 0 fully saturated rings. The maximum atomic E-state index is 5.52. The molecule has 6 heteroatoms. The Morgan fingerprint density at radius 1 is 1.38 bits per heavy atom. The van der Waals surface area contributed by atoms with Crippen molar-refractivity contribution in [2.45, 2.75) is 32.5 Å². The van der Waals surface area contributed by atoms with E-state index in [1.54, 1.807) is 23.8 Å². The fourth-order valence-electron chi connectivity index (χ4n) is 2.09. The molecule has 0 radical (unpaired) electrons. The predicted molar refractivity (Wildman–Crippen MR) is 83.1 cm³/mol. The highest BCUT2D eigenvalue weighted by atomic mass is 32.1. The van der Waals surface area contributed by atoms with Crippen molar-refractivity contribution >= 4 is 11.3 Å². The van der Waals surface area contributed by atoms with E-state index in [-0.39, 0.29) is 12.1 Å². The fourth-order valence-corrected chi connectivity index (χ4v) is 2.74. The number of hydrogen-bond acceptors (Lipinski definition) is 5. The SMILES string of the molecule is C[C@H]([C@@H](C)NCc1coc(-c2cccs2)n1)n1cccn1. The van der Waals surface area contributed by atoms with Crippen molar-refractivity contribution in [3.8, 4) is 10.8 Å². The van der Waals surface area contributed by atoms with E-state index in [4.69, 9.17) is 4.42 Å². The van der Waals surface area contributed by atoms with Gasteiger partial charge in [-0.15, -0.1) is 11.3 Å². The lowest BCUT2D eigenvalue weighted by Gasteiger charge is -2.21. The van der Waals surface area contributed by atoms with Crippen molar-refractivity contribution in [2.75, 3.05) is 0 Å². The highest BCUT2D eigenvalue weighted by Gasteiger charge is 2.14. The summed E-state index contributed by atoms with van der Waals surface area (Å²) in [7, 11) is 0. The van der Waals surface area contributed by atoms with Gasteiger partial charge in [-0.2, -0.15) is 5.10 Å². The highest BCUT2D eigenvalue weighted by Crippen LogP contribution is 2.23. The first-order valence-corrected chi connectivity index (χ1v) is 7.83. The number of nitrogens with one attached hydrogen (secondary N) is 1. The molecule has 0 aliphatic heterocycles. The van der Waals surface area contributed by atoms with Crippen molar-refractivity contribution < 1.29 is 4.42 Å². The lowest BCUT2D eigenvalue weighted by atomic mass is 10.2. The Morgan fingerprint density at radius 3 is 3.00 bits per heavy atom. The van der Waals surface area contributed by atoms with Crippen LogP contribution in [0.5, 0.6) is 0 Å². The van der Waals surface area contributed by atoms with Crippen molar-refractivity contribution in [2.24, 2.45) is 0 Å². The zero-order valence-electron chi connectivity index (χ0n) is 12.1. The summed E-state index contributed by atoms with van der Waals surface area (Å²) in [6.45, 7) is 4.97. The van der Waals surface area contributed by atoms with Gasteiger partial charge >= 0.3 is 0 Å². The molecule has 110 valence electrons. The summed E-state index contributed by atoms with van der Waals surface area (Å²) in [6, 6.07) is 6.51. The van der Waals surface area contributed by atoms with Crippen LogP contribution in [0.3, 0.4) is 0 Å². The summed E-state index contributed by atoms with van der Waals surface area (Å²) in [6.07, 6.45) is 5.50. The van der Waals surface area contributed by atoms with E-state index in [1.165, 1.54) is 0 Å². The topological polar surface area (TPSA) is 55.9 Å². The van der Waals surface area contributed by atoms with Crippen LogP contribution in [0.2, 0.25) is 0 Å². The summed E-state index contributed by atoms with van der Waals surface area (Å²) < 4.78 is 7.47. The van der Waals surface area contributed by atoms with E-state index in [9.17, 15) is 0 Å². The minimum absolute atomic E-state index is 0.281. The van der Waals surface area contributed by atoms with E-state index in [1.807, 2.05) is 34.5 Å². The van der Waals surface area contributed by atoms with E-state index < -0.39 is 0 Å². The number of hydrogen-bond donors (Lipinski definition) is 1. The summed E-state index contributed by atoms with van der Waals surface area (Å²) >= 11 is 1.63. The molecular formula is C15H18N4OS. The van der Waals surface area contributed by atoms with Gasteiger partial charge < -0.3 is 9.73 Å². The van der Waals surface area contributed by atoms with Gasteiger partial charge in [0.2, 0.25) is 5.89 Å². The van der Waals surface area contributed by atoms with Gasteiger partial charge in [0.05, 0.1) is 16.6 Å². The molecule has 0 saturated heterocycles. The second kappa shape index (κ2) is 6.24. The molecule has 0 spiro atoms. The Bertz CT molecular complexity index is 660. The van der Waals surface area contributed by atoms with Gasteiger partial charge in [0, 0.05) is 25.0 Å². The van der Waals surface area contributed by atoms with Gasteiger partial charge in [-0.25, -0.2) is 4.98 Å². The van der Waals surface area contributed by atoms with Crippen molar-refractivity contribution in [3.63, 3.8) is 0 Å². The Labute approximate surface area is 127 Å². The van der Waals surface area contributed by atoms with Crippen LogP contribution in [0.1, 0.15) is 25.6 Å². The van der Waals surface area contributed by atoms with E-state index in [0.29, 0.717) is 12.4 Å². The molecule has 0 saturated carbocycles. The Balaban J connectivity index is 1.58. The molecule has 0 bridgehead atoms. The van der Waals surface area contributed by atoms with Crippen molar-refractivity contribution in [1.29, 1.82) is 0 Å². The quantitative estimate of drug-likeness (QED) is 0.759. The zero-order chi connectivity index (χ0) is 14.7. The number of rotatable bonds is 6. The minimum atomic E-state index is 0.281. The van der Waals surface area contributed by atoms with Crippen LogP contribution >= 0.6 is 11.3 Å². The first-order valence-electron chi connectivity index (χ1n) is 6.95. The molecule has 2 atom stereocenters. The number of nitrogens with zero attached hydrogens (tertiary/aromatic N) is 3. The second-order valence-electron chi connectivity index (χ2n) is 5.02. The maximum absolute atomic E-state index is 5.52. The van der Waals surface area contributed by atoms with Crippen LogP contribution in [0.4, 0.5) is 0 Å². The molecule has 0 aromatic carbocycles. The molecule has 0 amide bonds. The summed E-state index contributed by atoms with van der Waals surface area (Å²) in [5.41, 5.74) is 0.915. The lowest BCUT2D eigenvalue weighted by Crippen LogP contribution is -2.33. The van der Waals surface area contributed by atoms with Gasteiger partial charge in [-0.1, -0.05) is 6.07 Å². The Morgan fingerprint density at radius 2 is 2.29 bits per heavy atom. The number of aromatic nitrogens is 3. The molecule has 5 nitrogen and oxygen atoms in total. The molecule has 0 unspecified atom stereocenters. The van der Waals surface area contributed by atoms with Gasteiger partial charge in [-0.05, 0) is 31.4 Å². The molecule has 21 heavy (non-hydrogen) atoms. The third kappa shape index (κ3) is 3.22. The van der Waals surface area contributed by atoms with E-state index >= 15 is 0 Å². The monoisotopic (exact) mass is 302 g/mol. The van der Waals surface area contributed by atoms with Gasteiger partial charge in [0.1, 0.15) is 6.26 Å². The van der Waals surface area contributed by atoms with E-state index in [0.717, 1.165) is 10.6 Å². The first-order chi connectivity index (χ1) is 10.2. The smallest absolute Gasteiger partial charge is 0.236 e. The normalized spacial score (nSPS) is 14.2. The lowest BCUT2D eigenvalue weighted by molar-refractivity contribution is 0.363. The van der Waals surface area contributed by atoms with Crippen LogP contribution in [0.15, 0.2) is 46.7 Å². The minimum Gasteiger partial charge on any atom is -0.444 e. The summed E-state index contributed by atoms with van der Waals surface area (Å²) in [4.78, 5) is 5.56. The van der Waals surface area contributed by atoms with Gasteiger partial charge in [-0.3, -0.25) is 4.68 Å². The zero-order valence-corrected chi connectivity index (χ0v) is 12.9. The average Bonchev–Trinajstić information content (AvgIpc) is 3.25. The Kier molecular flexibility index (Phi) is 4.17. The standard InChI is InChI=1S/C15H18N4OS/c1-11(12(2)19-7-4-6-17-19)16-9-13-10-20-15(18-13)14-5-3-8-21-14/h3-8,10-12,16H,9H2,1-2H3/t11-,12-/m1/s1. The number of thiophene rings is 1. The second-order valence-corrected chi connectivity index (χ2v) is 5.97. The van der Waals surface area contributed by atoms with Crippen molar-refractivity contribution in [1.82, 2.24) is 20.1 Å². The molecule has 3 aromatic rings. The maximum Gasteiger partial charge on any atom is 0.236 e. The summed E-state index contributed by atoms with van der Waals surface area (Å²) in [5.74, 6) is 0.689. The van der Waals surface area contributed by atoms with Crippen molar-refractivity contribution in [3.05, 3.63) is 47.9 Å². The molecule has 3 heterocycles. The number of oxazole rings is 1. The van der Waals surface area contributed by atoms with Gasteiger partial charge in [0.25, 0.3) is 0 Å². The fraction of sp³-hybridized carbons (Fsp3) is 0.333. The van der Waals surface area contributed by atoms with Gasteiger partial charge in [0.15, 0.2) is 0 Å². The van der Waals surface area contributed by atoms with Crippen LogP contribution in [0.25, 0.3) is 10.8 Å². The molecule has 1 N–H and O–H groups in total. The Hall–Kier alpha value is -1.92. The average molecular weight is 302 g/mol. The molecule has 3 rings (SSSR count).